The molecule has 0 aromatic heterocycles. The lowest BCUT2D eigenvalue weighted by molar-refractivity contribution is 0.780. The molecule has 0 fully saturated rings. The fourth-order valence-electron chi connectivity index (χ4n) is 2.80. The van der Waals surface area contributed by atoms with Crippen LogP contribution in [-0.4, -0.2) is 0 Å². The summed E-state index contributed by atoms with van der Waals surface area (Å²) in [5.41, 5.74) is 4.69. The molecule has 0 amide bonds. The second-order valence-corrected chi connectivity index (χ2v) is 4.23. The molecule has 2 unspecified atom stereocenters. The molecule has 70 valence electrons. The Morgan fingerprint density at radius 1 is 1.14 bits per heavy atom. The van der Waals surface area contributed by atoms with Crippen LogP contribution in [0, 0.1) is 0 Å². The maximum Gasteiger partial charge on any atom is 0.00948 e. The van der Waals surface area contributed by atoms with Gasteiger partial charge >= 0.3 is 0 Å². The zero-order valence-corrected chi connectivity index (χ0v) is 8.40. The molecule has 0 N–H and O–H groups in total. The van der Waals surface area contributed by atoms with E-state index < -0.39 is 0 Å². The number of benzene rings is 1. The summed E-state index contributed by atoms with van der Waals surface area (Å²) in [6.07, 6.45) is 7.98. The SMILES string of the molecule is CC1C2=CC=CCC2c2ccccc21. The topological polar surface area (TPSA) is 0 Å². The van der Waals surface area contributed by atoms with Crippen molar-refractivity contribution in [1.82, 2.24) is 0 Å². The highest BCUT2D eigenvalue weighted by Crippen LogP contribution is 2.48. The number of hydrogen-bond acceptors (Lipinski definition) is 0. The molecule has 1 aromatic carbocycles. The van der Waals surface area contributed by atoms with Gasteiger partial charge in [-0.1, -0.05) is 55.0 Å². The molecule has 0 spiro atoms. The third-order valence-corrected chi connectivity index (χ3v) is 3.54. The van der Waals surface area contributed by atoms with Gasteiger partial charge in [-0.25, -0.2) is 0 Å². The molecule has 0 saturated carbocycles. The fourth-order valence-corrected chi connectivity index (χ4v) is 2.80. The first-order valence-electron chi connectivity index (χ1n) is 5.33. The Bertz CT molecular complexity index is 423. The van der Waals surface area contributed by atoms with E-state index in [1.807, 2.05) is 0 Å². The smallest absolute Gasteiger partial charge is 0.00948 e. The summed E-state index contributed by atoms with van der Waals surface area (Å²) < 4.78 is 0. The van der Waals surface area contributed by atoms with Crippen molar-refractivity contribution in [1.29, 1.82) is 0 Å². The van der Waals surface area contributed by atoms with Gasteiger partial charge in [0.1, 0.15) is 0 Å². The van der Waals surface area contributed by atoms with Gasteiger partial charge in [-0.15, -0.1) is 0 Å². The van der Waals surface area contributed by atoms with Gasteiger partial charge in [0.05, 0.1) is 0 Å². The fraction of sp³-hybridized carbons (Fsp3) is 0.286. The van der Waals surface area contributed by atoms with Crippen molar-refractivity contribution in [3.63, 3.8) is 0 Å². The van der Waals surface area contributed by atoms with Gasteiger partial charge in [0.15, 0.2) is 0 Å². The summed E-state index contributed by atoms with van der Waals surface area (Å²) in [6, 6.07) is 8.88. The van der Waals surface area contributed by atoms with Crippen molar-refractivity contribution in [2.45, 2.75) is 25.2 Å². The molecule has 2 aliphatic carbocycles. The first-order valence-corrected chi connectivity index (χ1v) is 5.33. The number of hydrogen-bond donors (Lipinski definition) is 0. The van der Waals surface area contributed by atoms with Gasteiger partial charge < -0.3 is 0 Å². The lowest BCUT2D eigenvalue weighted by atomic mass is 9.89. The summed E-state index contributed by atoms with van der Waals surface area (Å²) in [6.45, 7) is 2.32. The van der Waals surface area contributed by atoms with Crippen molar-refractivity contribution in [2.75, 3.05) is 0 Å². The molecule has 2 aliphatic rings. The zero-order valence-electron chi connectivity index (χ0n) is 8.40. The summed E-state index contributed by atoms with van der Waals surface area (Å²) in [5.74, 6) is 1.30. The largest absolute Gasteiger partial charge is 0.0836 e. The van der Waals surface area contributed by atoms with Gasteiger partial charge in [0.2, 0.25) is 0 Å². The molecule has 0 heterocycles. The normalized spacial score (nSPS) is 28.2. The average Bonchev–Trinajstić information content (AvgIpc) is 2.55. The number of rotatable bonds is 0. The Hall–Kier alpha value is -1.30. The summed E-state index contributed by atoms with van der Waals surface area (Å²) in [4.78, 5) is 0. The maximum absolute atomic E-state index is 2.32. The molecular weight excluding hydrogens is 168 g/mol. The van der Waals surface area contributed by atoms with E-state index >= 15 is 0 Å². The van der Waals surface area contributed by atoms with Crippen LogP contribution in [0.1, 0.15) is 36.3 Å². The molecule has 0 radical (unpaired) electrons. The lowest BCUT2D eigenvalue weighted by Gasteiger charge is -2.15. The summed E-state index contributed by atoms with van der Waals surface area (Å²) in [7, 11) is 0. The minimum Gasteiger partial charge on any atom is -0.0836 e. The van der Waals surface area contributed by atoms with Gasteiger partial charge in [0.25, 0.3) is 0 Å². The molecule has 3 rings (SSSR count). The maximum atomic E-state index is 2.32. The minimum atomic E-state index is 0.626. The van der Waals surface area contributed by atoms with Gasteiger partial charge in [-0.05, 0) is 17.5 Å². The molecule has 2 atom stereocenters. The van der Waals surface area contributed by atoms with E-state index in [-0.39, 0.29) is 0 Å². The molecule has 14 heavy (non-hydrogen) atoms. The standard InChI is InChI=1S/C14H14/c1-10-11-6-2-4-8-13(11)14-9-5-3-7-12(10)14/h2-8,10,14H,9H2,1H3. The van der Waals surface area contributed by atoms with Crippen LogP contribution in [0.4, 0.5) is 0 Å². The van der Waals surface area contributed by atoms with Gasteiger partial charge in [0, 0.05) is 11.8 Å². The van der Waals surface area contributed by atoms with Crippen molar-refractivity contribution < 1.29 is 0 Å². The number of fused-ring (bicyclic) bond motifs is 3. The highest BCUT2D eigenvalue weighted by molar-refractivity contribution is 5.52. The Kier molecular flexibility index (Phi) is 1.63. The van der Waals surface area contributed by atoms with E-state index in [2.05, 4.69) is 49.4 Å². The average molecular weight is 182 g/mol. The highest BCUT2D eigenvalue weighted by atomic mass is 14.4. The van der Waals surface area contributed by atoms with E-state index in [0.717, 1.165) is 0 Å². The van der Waals surface area contributed by atoms with E-state index in [4.69, 9.17) is 0 Å². The molecule has 0 nitrogen and oxygen atoms in total. The van der Waals surface area contributed by atoms with Crippen LogP contribution in [0.2, 0.25) is 0 Å². The van der Waals surface area contributed by atoms with Crippen LogP contribution < -0.4 is 0 Å². The molecule has 0 bridgehead atoms. The zero-order chi connectivity index (χ0) is 9.54. The molecule has 0 saturated heterocycles. The summed E-state index contributed by atoms with van der Waals surface area (Å²) >= 11 is 0. The van der Waals surface area contributed by atoms with Crippen molar-refractivity contribution in [3.8, 4) is 0 Å². The Labute approximate surface area is 85.0 Å². The second-order valence-electron chi connectivity index (χ2n) is 4.23. The first-order chi connectivity index (χ1) is 6.88. The number of allylic oxidation sites excluding steroid dienone is 4. The van der Waals surface area contributed by atoms with Crippen LogP contribution in [-0.2, 0) is 0 Å². The lowest BCUT2D eigenvalue weighted by Crippen LogP contribution is -1.99. The van der Waals surface area contributed by atoms with E-state index in [9.17, 15) is 0 Å². The van der Waals surface area contributed by atoms with E-state index in [0.29, 0.717) is 11.8 Å². The molecule has 0 heteroatoms. The quantitative estimate of drug-likeness (QED) is 0.573. The third-order valence-electron chi connectivity index (χ3n) is 3.54. The van der Waals surface area contributed by atoms with E-state index in [1.165, 1.54) is 12.0 Å². The van der Waals surface area contributed by atoms with Crippen molar-refractivity contribution >= 4 is 0 Å². The first kappa shape index (κ1) is 8.05. The van der Waals surface area contributed by atoms with Gasteiger partial charge in [-0.3, -0.25) is 0 Å². The Morgan fingerprint density at radius 3 is 2.79 bits per heavy atom. The summed E-state index contributed by atoms with van der Waals surface area (Å²) in [5, 5.41) is 0. The van der Waals surface area contributed by atoms with Crippen LogP contribution in [0.5, 0.6) is 0 Å². The van der Waals surface area contributed by atoms with Crippen LogP contribution in [0.3, 0.4) is 0 Å². The van der Waals surface area contributed by atoms with Crippen molar-refractivity contribution in [2.24, 2.45) is 0 Å². The molecule has 0 aliphatic heterocycles. The Morgan fingerprint density at radius 2 is 1.93 bits per heavy atom. The van der Waals surface area contributed by atoms with Crippen LogP contribution in [0.25, 0.3) is 0 Å². The second kappa shape index (κ2) is 2.84. The van der Waals surface area contributed by atoms with E-state index in [1.54, 1.807) is 11.1 Å². The predicted octanol–water partition coefficient (Wildman–Crippen LogP) is 3.77. The van der Waals surface area contributed by atoms with Crippen molar-refractivity contribution in [3.05, 3.63) is 59.2 Å². The minimum absolute atomic E-state index is 0.626. The van der Waals surface area contributed by atoms with Crippen LogP contribution >= 0.6 is 0 Å². The monoisotopic (exact) mass is 182 g/mol. The molecule has 1 aromatic rings. The van der Waals surface area contributed by atoms with Crippen LogP contribution in [0.15, 0.2) is 48.1 Å². The third kappa shape index (κ3) is 0.942. The predicted molar refractivity (Wildman–Crippen MR) is 59.4 cm³/mol. The molecular formula is C14H14. The Balaban J connectivity index is 2.19. The highest BCUT2D eigenvalue weighted by Gasteiger charge is 2.32. The van der Waals surface area contributed by atoms with Gasteiger partial charge in [-0.2, -0.15) is 0 Å².